The van der Waals surface area contributed by atoms with E-state index in [1.54, 1.807) is 0 Å². The molecule has 2 aromatic carbocycles. The highest BCUT2D eigenvalue weighted by molar-refractivity contribution is 5.60. The van der Waals surface area contributed by atoms with Gasteiger partial charge in [0.2, 0.25) is 0 Å². The summed E-state index contributed by atoms with van der Waals surface area (Å²) in [6, 6.07) is 13.5. The molecule has 2 rings (SSSR count). The first-order chi connectivity index (χ1) is 9.58. The molecule has 2 aromatic rings. The zero-order valence-corrected chi connectivity index (χ0v) is 10.7. The third-order valence-electron chi connectivity index (χ3n) is 2.85. The molecule has 0 spiro atoms. The Morgan fingerprint density at radius 1 is 1.20 bits per heavy atom. The topological polar surface area (TPSA) is 104 Å². The lowest BCUT2D eigenvalue weighted by molar-refractivity contribution is -0.383. The normalized spacial score (nSPS) is 11.8. The number of hydrogen-bond donors (Lipinski definition) is 2. The van der Waals surface area contributed by atoms with Crippen molar-refractivity contribution in [3.63, 3.8) is 0 Å². The second-order valence-corrected chi connectivity index (χ2v) is 4.31. The fraction of sp³-hybridized carbons (Fsp3) is 0.143. The van der Waals surface area contributed by atoms with Crippen molar-refractivity contribution >= 4 is 11.4 Å². The maximum atomic E-state index is 10.6. The summed E-state index contributed by atoms with van der Waals surface area (Å²) in [5, 5.41) is 10.6. The van der Waals surface area contributed by atoms with Gasteiger partial charge in [0, 0.05) is 12.1 Å². The lowest BCUT2D eigenvalue weighted by atomic mass is 10.1. The molecule has 0 bridgehead atoms. The molecule has 0 heterocycles. The molecule has 0 aliphatic heterocycles. The number of rotatable bonds is 5. The van der Waals surface area contributed by atoms with Crippen LogP contribution in [0.4, 0.5) is 11.4 Å². The minimum absolute atomic E-state index is 0.0702. The molecule has 6 heteroatoms. The van der Waals surface area contributed by atoms with Crippen LogP contribution in [-0.4, -0.2) is 11.5 Å². The molecule has 0 radical (unpaired) electrons. The van der Waals surface area contributed by atoms with Gasteiger partial charge in [0.15, 0.2) is 0 Å². The zero-order valence-electron chi connectivity index (χ0n) is 10.7. The molecule has 104 valence electrons. The maximum Gasteiger partial charge on any atom is 0.292 e. The molecule has 1 atom stereocenters. The molecule has 0 fully saturated rings. The zero-order chi connectivity index (χ0) is 14.5. The Morgan fingerprint density at radius 2 is 1.90 bits per heavy atom. The van der Waals surface area contributed by atoms with E-state index >= 15 is 0 Å². The van der Waals surface area contributed by atoms with Gasteiger partial charge in [-0.05, 0) is 11.6 Å². The Morgan fingerprint density at radius 3 is 2.50 bits per heavy atom. The van der Waals surface area contributed by atoms with E-state index in [0.29, 0.717) is 5.75 Å². The van der Waals surface area contributed by atoms with Crippen LogP contribution in [0.2, 0.25) is 0 Å². The van der Waals surface area contributed by atoms with Crippen LogP contribution in [0.25, 0.3) is 0 Å². The number of nitrogens with two attached hydrogens (primary N) is 2. The van der Waals surface area contributed by atoms with Crippen LogP contribution in [0.3, 0.4) is 0 Å². The Kier molecular flexibility index (Phi) is 4.17. The standard InChI is InChI=1S/C14H15N3O3/c15-12-8-11(6-7-14(12)17(18)19)20-9-13(16)10-4-2-1-3-5-10/h1-8,13H,9,15-16H2. The van der Waals surface area contributed by atoms with Crippen molar-refractivity contribution in [1.29, 1.82) is 0 Å². The molecule has 20 heavy (non-hydrogen) atoms. The van der Waals surface area contributed by atoms with Crippen LogP contribution in [0.15, 0.2) is 48.5 Å². The van der Waals surface area contributed by atoms with Crippen LogP contribution >= 0.6 is 0 Å². The molecule has 0 aliphatic carbocycles. The van der Waals surface area contributed by atoms with Crippen molar-refractivity contribution < 1.29 is 9.66 Å². The number of ether oxygens (including phenoxy) is 1. The first-order valence-corrected chi connectivity index (χ1v) is 6.05. The number of hydrogen-bond acceptors (Lipinski definition) is 5. The van der Waals surface area contributed by atoms with Gasteiger partial charge in [-0.1, -0.05) is 30.3 Å². The lowest BCUT2D eigenvalue weighted by Crippen LogP contribution is -2.18. The first kappa shape index (κ1) is 13.8. The van der Waals surface area contributed by atoms with Gasteiger partial charge < -0.3 is 16.2 Å². The number of nitrogen functional groups attached to an aromatic ring is 1. The largest absolute Gasteiger partial charge is 0.492 e. The number of nitrogens with zero attached hydrogens (tertiary/aromatic N) is 1. The molecule has 6 nitrogen and oxygen atoms in total. The molecular weight excluding hydrogens is 258 g/mol. The highest BCUT2D eigenvalue weighted by Crippen LogP contribution is 2.26. The van der Waals surface area contributed by atoms with E-state index < -0.39 is 4.92 Å². The fourth-order valence-electron chi connectivity index (χ4n) is 1.77. The summed E-state index contributed by atoms with van der Waals surface area (Å²) in [6.45, 7) is 0.265. The molecule has 1 unspecified atom stereocenters. The summed E-state index contributed by atoms with van der Waals surface area (Å²) in [6.07, 6.45) is 0. The van der Waals surface area contributed by atoms with Gasteiger partial charge in [-0.2, -0.15) is 0 Å². The van der Waals surface area contributed by atoms with E-state index in [2.05, 4.69) is 0 Å². The number of anilines is 1. The first-order valence-electron chi connectivity index (χ1n) is 6.05. The van der Waals surface area contributed by atoms with Crippen LogP contribution in [-0.2, 0) is 0 Å². The van der Waals surface area contributed by atoms with Gasteiger partial charge in [0.05, 0.1) is 11.0 Å². The van der Waals surface area contributed by atoms with E-state index in [0.717, 1.165) is 5.56 Å². The van der Waals surface area contributed by atoms with E-state index in [1.807, 2.05) is 30.3 Å². The molecule has 0 amide bonds. The van der Waals surface area contributed by atoms with Crippen LogP contribution in [0.1, 0.15) is 11.6 Å². The highest BCUT2D eigenvalue weighted by Gasteiger charge is 2.12. The predicted molar refractivity (Wildman–Crippen MR) is 76.4 cm³/mol. The molecule has 0 saturated carbocycles. The van der Waals surface area contributed by atoms with Gasteiger partial charge in [-0.15, -0.1) is 0 Å². The van der Waals surface area contributed by atoms with Gasteiger partial charge in [0.1, 0.15) is 18.0 Å². The Bertz CT molecular complexity index is 602. The van der Waals surface area contributed by atoms with Crippen molar-refractivity contribution in [1.82, 2.24) is 0 Å². The number of nitro groups is 1. The van der Waals surface area contributed by atoms with E-state index in [9.17, 15) is 10.1 Å². The highest BCUT2D eigenvalue weighted by atomic mass is 16.6. The molecule has 4 N–H and O–H groups in total. The summed E-state index contributed by atoms with van der Waals surface area (Å²) >= 11 is 0. The second kappa shape index (κ2) is 6.03. The lowest BCUT2D eigenvalue weighted by Gasteiger charge is -2.13. The third-order valence-corrected chi connectivity index (χ3v) is 2.85. The average Bonchev–Trinajstić information content (AvgIpc) is 2.45. The Balaban J connectivity index is 2.01. The van der Waals surface area contributed by atoms with Crippen LogP contribution in [0, 0.1) is 10.1 Å². The van der Waals surface area contributed by atoms with Crippen molar-refractivity contribution in [3.05, 3.63) is 64.2 Å². The second-order valence-electron chi connectivity index (χ2n) is 4.31. The van der Waals surface area contributed by atoms with Crippen molar-refractivity contribution in [2.45, 2.75) is 6.04 Å². The van der Waals surface area contributed by atoms with Crippen LogP contribution in [0.5, 0.6) is 5.75 Å². The van der Waals surface area contributed by atoms with Crippen molar-refractivity contribution in [2.75, 3.05) is 12.3 Å². The Hall–Kier alpha value is -2.60. The summed E-state index contributed by atoms with van der Waals surface area (Å²) in [5.41, 5.74) is 12.5. The van der Waals surface area contributed by atoms with E-state index in [4.69, 9.17) is 16.2 Å². The fourth-order valence-corrected chi connectivity index (χ4v) is 1.77. The monoisotopic (exact) mass is 273 g/mol. The maximum absolute atomic E-state index is 10.6. The average molecular weight is 273 g/mol. The smallest absolute Gasteiger partial charge is 0.292 e. The van der Waals surface area contributed by atoms with Crippen molar-refractivity contribution in [2.24, 2.45) is 5.73 Å². The van der Waals surface area contributed by atoms with Gasteiger partial charge in [-0.3, -0.25) is 10.1 Å². The third kappa shape index (κ3) is 3.24. The van der Waals surface area contributed by atoms with Gasteiger partial charge >= 0.3 is 0 Å². The molecular formula is C14H15N3O3. The Labute approximate surface area is 116 Å². The predicted octanol–water partition coefficient (Wildman–Crippen LogP) is 2.26. The van der Waals surface area contributed by atoms with E-state index in [1.165, 1.54) is 18.2 Å². The minimum Gasteiger partial charge on any atom is -0.492 e. The number of nitro benzene ring substituents is 1. The summed E-state index contributed by atoms with van der Waals surface area (Å²) in [5.74, 6) is 0.458. The number of benzene rings is 2. The summed E-state index contributed by atoms with van der Waals surface area (Å²) in [4.78, 5) is 10.1. The molecule has 0 aromatic heterocycles. The van der Waals surface area contributed by atoms with Crippen molar-refractivity contribution in [3.8, 4) is 5.75 Å². The minimum atomic E-state index is -0.533. The van der Waals surface area contributed by atoms with Gasteiger partial charge in [-0.25, -0.2) is 0 Å². The molecule has 0 saturated heterocycles. The van der Waals surface area contributed by atoms with Gasteiger partial charge in [0.25, 0.3) is 5.69 Å². The van der Waals surface area contributed by atoms with E-state index in [-0.39, 0.29) is 24.0 Å². The SMILES string of the molecule is Nc1cc(OCC(N)c2ccccc2)ccc1[N+](=O)[O-]. The summed E-state index contributed by atoms with van der Waals surface area (Å²) < 4.78 is 5.51. The quantitative estimate of drug-likeness (QED) is 0.494. The molecule has 0 aliphatic rings. The summed E-state index contributed by atoms with van der Waals surface area (Å²) in [7, 11) is 0. The van der Waals surface area contributed by atoms with Crippen LogP contribution < -0.4 is 16.2 Å².